The summed E-state index contributed by atoms with van der Waals surface area (Å²) in [5, 5.41) is 0. The highest BCUT2D eigenvalue weighted by Crippen LogP contribution is 2.32. The monoisotopic (exact) mass is 401 g/mol. The Bertz CT molecular complexity index is 553. The van der Waals surface area contributed by atoms with Crippen LogP contribution in [0.25, 0.3) is 0 Å². The van der Waals surface area contributed by atoms with E-state index in [1.165, 1.54) is 15.6 Å². The summed E-state index contributed by atoms with van der Waals surface area (Å²) in [6, 6.07) is 1.71. The van der Waals surface area contributed by atoms with Gasteiger partial charge in [0.05, 0.1) is 19.9 Å². The van der Waals surface area contributed by atoms with Gasteiger partial charge in [-0.1, -0.05) is 0 Å². The van der Waals surface area contributed by atoms with Crippen molar-refractivity contribution in [3.63, 3.8) is 0 Å². The van der Waals surface area contributed by atoms with Crippen LogP contribution >= 0.6 is 43.2 Å². The molecule has 0 amide bonds. The Hall–Kier alpha value is 0.240. The van der Waals surface area contributed by atoms with Gasteiger partial charge in [-0.15, -0.1) is 11.3 Å². The van der Waals surface area contributed by atoms with Gasteiger partial charge in [0, 0.05) is 12.1 Å². The molecule has 0 saturated carbocycles. The summed E-state index contributed by atoms with van der Waals surface area (Å²) in [6.45, 7) is 0.376. The number of thiophene rings is 1. The van der Waals surface area contributed by atoms with E-state index in [0.717, 1.165) is 7.57 Å². The lowest BCUT2D eigenvalue weighted by Crippen LogP contribution is -2.31. The minimum Gasteiger partial charge on any atom is -0.293 e. The predicted molar refractivity (Wildman–Crippen MR) is 74.0 cm³/mol. The highest BCUT2D eigenvalue weighted by Gasteiger charge is 2.30. The molecule has 1 saturated heterocycles. The Morgan fingerprint density at radius 1 is 1.47 bits per heavy atom. The Kier molecular flexibility index (Phi) is 4.09. The molecule has 1 fully saturated rings. The van der Waals surface area contributed by atoms with Crippen LogP contribution in [0.5, 0.6) is 0 Å². The van der Waals surface area contributed by atoms with Gasteiger partial charge in [-0.3, -0.25) is 4.79 Å². The maximum atomic E-state index is 12.0. The maximum Gasteiger partial charge on any atom is 0.214 e. The first kappa shape index (κ1) is 13.7. The van der Waals surface area contributed by atoms with Crippen molar-refractivity contribution in [3.8, 4) is 0 Å². The van der Waals surface area contributed by atoms with Gasteiger partial charge in [0.2, 0.25) is 10.0 Å². The molecule has 1 aliphatic rings. The van der Waals surface area contributed by atoms with Crippen molar-refractivity contribution in [1.29, 1.82) is 0 Å². The van der Waals surface area contributed by atoms with E-state index in [1.54, 1.807) is 6.07 Å². The third-order valence-electron chi connectivity index (χ3n) is 2.48. The van der Waals surface area contributed by atoms with Crippen molar-refractivity contribution in [2.45, 2.75) is 6.42 Å². The van der Waals surface area contributed by atoms with Gasteiger partial charge in [0.15, 0.2) is 5.78 Å². The van der Waals surface area contributed by atoms with Gasteiger partial charge in [-0.25, -0.2) is 8.42 Å². The summed E-state index contributed by atoms with van der Waals surface area (Å²) >= 11 is 7.99. The standard InChI is InChI=1S/C9H9Br2NO3S2/c10-8-4-6(9(11)16-8)7(13)5-12-2-1-3-17(12,14)15/h4H,1-3,5H2. The molecule has 17 heavy (non-hydrogen) atoms. The fourth-order valence-corrected chi connectivity index (χ4v) is 5.97. The summed E-state index contributed by atoms with van der Waals surface area (Å²) in [5.41, 5.74) is 0.531. The van der Waals surface area contributed by atoms with E-state index in [1.807, 2.05) is 0 Å². The Balaban J connectivity index is 2.15. The lowest BCUT2D eigenvalue weighted by Gasteiger charge is -2.12. The van der Waals surface area contributed by atoms with Gasteiger partial charge >= 0.3 is 0 Å². The quantitative estimate of drug-likeness (QED) is 0.729. The minimum atomic E-state index is -3.21. The molecular weight excluding hydrogens is 394 g/mol. The number of halogens is 2. The van der Waals surface area contributed by atoms with E-state index in [9.17, 15) is 13.2 Å². The molecule has 4 nitrogen and oxygen atoms in total. The van der Waals surface area contributed by atoms with Crippen molar-refractivity contribution in [3.05, 3.63) is 19.2 Å². The van der Waals surface area contributed by atoms with E-state index >= 15 is 0 Å². The first-order chi connectivity index (χ1) is 7.90. The molecule has 8 heteroatoms. The van der Waals surface area contributed by atoms with Gasteiger partial charge < -0.3 is 0 Å². The number of sulfonamides is 1. The first-order valence-electron chi connectivity index (χ1n) is 4.86. The summed E-state index contributed by atoms with van der Waals surface area (Å²) < 4.78 is 26.0. The van der Waals surface area contributed by atoms with Crippen LogP contribution in [0.15, 0.2) is 13.6 Å². The van der Waals surface area contributed by atoms with Gasteiger partial charge in [0.25, 0.3) is 0 Å². The van der Waals surface area contributed by atoms with Crippen molar-refractivity contribution in [2.75, 3.05) is 18.8 Å². The number of carbonyl (C=O) groups is 1. The SMILES string of the molecule is O=C(CN1CCCS1(=O)=O)c1cc(Br)sc1Br. The largest absolute Gasteiger partial charge is 0.293 e. The van der Waals surface area contributed by atoms with Gasteiger partial charge in [-0.05, 0) is 44.3 Å². The molecular formula is C9H9Br2NO3S2. The Labute approximate surface area is 120 Å². The molecule has 0 bridgehead atoms. The van der Waals surface area contributed by atoms with Crippen molar-refractivity contribution in [2.24, 2.45) is 0 Å². The summed E-state index contributed by atoms with van der Waals surface area (Å²) in [5.74, 6) is -0.0290. The summed E-state index contributed by atoms with van der Waals surface area (Å²) in [4.78, 5) is 12.0. The van der Waals surface area contributed by atoms with Crippen molar-refractivity contribution < 1.29 is 13.2 Å². The number of hydrogen-bond acceptors (Lipinski definition) is 4. The zero-order valence-corrected chi connectivity index (χ0v) is 13.5. The van der Waals surface area contributed by atoms with Crippen LogP contribution in [0.2, 0.25) is 0 Å². The average molecular weight is 403 g/mol. The topological polar surface area (TPSA) is 54.5 Å². The molecule has 0 aliphatic carbocycles. The van der Waals surface area contributed by atoms with Crippen LogP contribution in [0.3, 0.4) is 0 Å². The van der Waals surface area contributed by atoms with Gasteiger partial charge in [-0.2, -0.15) is 4.31 Å². The van der Waals surface area contributed by atoms with Gasteiger partial charge in [0.1, 0.15) is 0 Å². The van der Waals surface area contributed by atoms with Crippen LogP contribution in [0.1, 0.15) is 16.8 Å². The van der Waals surface area contributed by atoms with E-state index < -0.39 is 10.0 Å². The molecule has 1 aromatic heterocycles. The average Bonchev–Trinajstić information content (AvgIpc) is 2.70. The molecule has 1 aliphatic heterocycles. The highest BCUT2D eigenvalue weighted by atomic mass is 79.9. The molecule has 0 radical (unpaired) electrons. The number of rotatable bonds is 3. The zero-order chi connectivity index (χ0) is 12.6. The third kappa shape index (κ3) is 2.98. The van der Waals surface area contributed by atoms with Crippen LogP contribution < -0.4 is 0 Å². The van der Waals surface area contributed by atoms with Crippen LogP contribution in [0, 0.1) is 0 Å². The number of carbonyl (C=O) groups excluding carboxylic acids is 1. The van der Waals surface area contributed by atoms with Crippen LogP contribution in [-0.4, -0.2) is 37.3 Å². The maximum absolute atomic E-state index is 12.0. The number of nitrogens with zero attached hydrogens (tertiary/aromatic N) is 1. The predicted octanol–water partition coefficient (Wildman–Crippen LogP) is 2.49. The Morgan fingerprint density at radius 3 is 2.65 bits per heavy atom. The van der Waals surface area contributed by atoms with Crippen molar-refractivity contribution in [1.82, 2.24) is 4.31 Å². The minimum absolute atomic E-state index is 0.0654. The lowest BCUT2D eigenvalue weighted by atomic mass is 10.2. The lowest BCUT2D eigenvalue weighted by molar-refractivity contribution is 0.0968. The second-order valence-electron chi connectivity index (χ2n) is 3.66. The Morgan fingerprint density at radius 2 is 2.18 bits per heavy atom. The fraction of sp³-hybridized carbons (Fsp3) is 0.444. The normalized spacial score (nSPS) is 19.6. The van der Waals surface area contributed by atoms with Crippen LogP contribution in [-0.2, 0) is 10.0 Å². The van der Waals surface area contributed by atoms with Crippen LogP contribution in [0.4, 0.5) is 0 Å². The first-order valence-corrected chi connectivity index (χ1v) is 8.87. The molecule has 2 heterocycles. The second-order valence-corrected chi connectivity index (χ2v) is 9.50. The molecule has 0 aromatic carbocycles. The summed E-state index contributed by atoms with van der Waals surface area (Å²) in [7, 11) is -3.21. The molecule has 94 valence electrons. The number of hydrogen-bond donors (Lipinski definition) is 0. The molecule has 0 spiro atoms. The zero-order valence-electron chi connectivity index (χ0n) is 8.65. The fourth-order valence-electron chi connectivity index (χ4n) is 1.64. The molecule has 0 N–H and O–H groups in total. The van der Waals surface area contributed by atoms with Crippen molar-refractivity contribution >= 4 is 59.0 Å². The van der Waals surface area contributed by atoms with E-state index in [2.05, 4.69) is 31.9 Å². The molecule has 0 atom stereocenters. The summed E-state index contributed by atoms with van der Waals surface area (Å²) in [6.07, 6.45) is 0.601. The highest BCUT2D eigenvalue weighted by molar-refractivity contribution is 9.12. The van der Waals surface area contributed by atoms with E-state index in [0.29, 0.717) is 18.5 Å². The molecule has 0 unspecified atom stereocenters. The third-order valence-corrected chi connectivity index (χ3v) is 6.72. The van der Waals surface area contributed by atoms with E-state index in [-0.39, 0.29) is 18.1 Å². The smallest absolute Gasteiger partial charge is 0.214 e. The molecule has 2 rings (SSSR count). The molecule has 1 aromatic rings. The second kappa shape index (κ2) is 5.08. The number of Topliss-reactive ketones (excluding diaryl/α,β-unsaturated/α-hetero) is 1. The number of ketones is 1. The van der Waals surface area contributed by atoms with E-state index in [4.69, 9.17) is 0 Å².